The highest BCUT2D eigenvalue weighted by Crippen LogP contribution is 2.24. The quantitative estimate of drug-likeness (QED) is 0.444. The molecule has 146 valence electrons. The number of hydrogen-bond acceptors (Lipinski definition) is 4. The predicted molar refractivity (Wildman–Crippen MR) is 114 cm³/mol. The molecular weight excluding hydrogens is 429 g/mol. The van der Waals surface area contributed by atoms with Crippen molar-refractivity contribution < 1.29 is 13.2 Å². The number of hydrogen-bond donors (Lipinski definition) is 0. The van der Waals surface area contributed by atoms with Crippen LogP contribution in [0, 0.1) is 11.3 Å². The molecule has 0 fully saturated rings. The third-order valence-corrected chi connectivity index (χ3v) is 6.21. The SMILES string of the molecule is N#CC(=Cc1ccc(OCc2ccc(Cl)cc2)cc1)S(=O)(=O)c1ccc(Cl)cc1. The summed E-state index contributed by atoms with van der Waals surface area (Å²) in [6.45, 7) is 0.376. The van der Waals surface area contributed by atoms with Crippen molar-refractivity contribution in [2.45, 2.75) is 11.5 Å². The Kier molecular flexibility index (Phi) is 6.60. The van der Waals surface area contributed by atoms with Crippen LogP contribution in [0.4, 0.5) is 0 Å². The van der Waals surface area contributed by atoms with Gasteiger partial charge in [-0.15, -0.1) is 0 Å². The van der Waals surface area contributed by atoms with E-state index in [1.54, 1.807) is 42.5 Å². The molecule has 0 atom stereocenters. The van der Waals surface area contributed by atoms with Crippen LogP contribution < -0.4 is 4.74 Å². The lowest BCUT2D eigenvalue weighted by Crippen LogP contribution is -2.03. The van der Waals surface area contributed by atoms with Crippen molar-refractivity contribution >= 4 is 39.1 Å². The summed E-state index contributed by atoms with van der Waals surface area (Å²) >= 11 is 11.7. The van der Waals surface area contributed by atoms with Gasteiger partial charge in [-0.2, -0.15) is 5.26 Å². The number of ether oxygens (including phenoxy) is 1. The standard InChI is InChI=1S/C22H15Cl2NO3S/c23-18-5-1-17(2-6-18)15-28-20-9-3-16(4-10-20)13-22(14-25)29(26,27)21-11-7-19(24)8-12-21/h1-13H,15H2. The van der Waals surface area contributed by atoms with E-state index in [0.29, 0.717) is 28.0 Å². The van der Waals surface area contributed by atoms with Crippen LogP contribution in [-0.2, 0) is 16.4 Å². The average Bonchev–Trinajstić information content (AvgIpc) is 2.72. The number of nitrogens with zero attached hydrogens (tertiary/aromatic N) is 1. The molecule has 3 aromatic rings. The van der Waals surface area contributed by atoms with Crippen LogP contribution >= 0.6 is 23.2 Å². The lowest BCUT2D eigenvalue weighted by molar-refractivity contribution is 0.306. The van der Waals surface area contributed by atoms with Crippen molar-refractivity contribution in [2.75, 3.05) is 0 Å². The monoisotopic (exact) mass is 443 g/mol. The Morgan fingerprint density at radius 2 is 1.45 bits per heavy atom. The highest BCUT2D eigenvalue weighted by Gasteiger charge is 2.20. The van der Waals surface area contributed by atoms with Gasteiger partial charge in [0.2, 0.25) is 9.84 Å². The number of benzene rings is 3. The van der Waals surface area contributed by atoms with Crippen LogP contribution in [0.5, 0.6) is 5.75 Å². The maximum absolute atomic E-state index is 12.7. The molecule has 0 heterocycles. The minimum Gasteiger partial charge on any atom is -0.489 e. The number of halogens is 2. The molecule has 0 bridgehead atoms. The van der Waals surface area contributed by atoms with E-state index < -0.39 is 9.84 Å². The largest absolute Gasteiger partial charge is 0.489 e. The van der Waals surface area contributed by atoms with Gasteiger partial charge in [0.1, 0.15) is 23.3 Å². The second-order valence-electron chi connectivity index (χ2n) is 6.06. The van der Waals surface area contributed by atoms with Gasteiger partial charge in [0.15, 0.2) is 0 Å². The van der Waals surface area contributed by atoms with Gasteiger partial charge in [0, 0.05) is 10.0 Å². The predicted octanol–water partition coefficient (Wildman–Crippen LogP) is 5.91. The fourth-order valence-electron chi connectivity index (χ4n) is 2.47. The van der Waals surface area contributed by atoms with Gasteiger partial charge in [-0.25, -0.2) is 8.42 Å². The molecule has 3 aromatic carbocycles. The number of sulfone groups is 1. The summed E-state index contributed by atoms with van der Waals surface area (Å²) in [7, 11) is -3.93. The molecule has 0 saturated carbocycles. The van der Waals surface area contributed by atoms with E-state index >= 15 is 0 Å². The van der Waals surface area contributed by atoms with E-state index in [9.17, 15) is 13.7 Å². The Morgan fingerprint density at radius 3 is 2.00 bits per heavy atom. The molecule has 0 aliphatic carbocycles. The summed E-state index contributed by atoms with van der Waals surface area (Å²) in [5.74, 6) is 0.621. The third kappa shape index (κ3) is 5.39. The molecule has 0 aliphatic rings. The second-order valence-corrected chi connectivity index (χ2v) is 8.85. The molecule has 7 heteroatoms. The van der Waals surface area contributed by atoms with Crippen molar-refractivity contribution in [3.63, 3.8) is 0 Å². The molecule has 0 amide bonds. The fraction of sp³-hybridized carbons (Fsp3) is 0.0455. The summed E-state index contributed by atoms with van der Waals surface area (Å²) < 4.78 is 31.0. The van der Waals surface area contributed by atoms with Crippen LogP contribution in [-0.4, -0.2) is 8.42 Å². The lowest BCUT2D eigenvalue weighted by atomic mass is 10.2. The normalized spacial score (nSPS) is 11.7. The van der Waals surface area contributed by atoms with Crippen LogP contribution in [0.1, 0.15) is 11.1 Å². The number of rotatable bonds is 6. The van der Waals surface area contributed by atoms with Crippen LogP contribution in [0.15, 0.2) is 82.6 Å². The van der Waals surface area contributed by atoms with Gasteiger partial charge in [-0.05, 0) is 65.7 Å². The minimum absolute atomic E-state index is 0.0117. The van der Waals surface area contributed by atoms with Gasteiger partial charge >= 0.3 is 0 Å². The Balaban J connectivity index is 1.75. The first-order valence-corrected chi connectivity index (χ1v) is 10.7. The van der Waals surface area contributed by atoms with Crippen LogP contribution in [0.3, 0.4) is 0 Å². The molecule has 0 radical (unpaired) electrons. The zero-order valence-electron chi connectivity index (χ0n) is 15.0. The molecule has 0 saturated heterocycles. The number of nitriles is 1. The van der Waals surface area contributed by atoms with Crippen molar-refractivity contribution in [1.29, 1.82) is 5.26 Å². The number of allylic oxidation sites excluding steroid dienone is 1. The lowest BCUT2D eigenvalue weighted by Gasteiger charge is -2.07. The summed E-state index contributed by atoms with van der Waals surface area (Å²) in [5, 5.41) is 10.4. The summed E-state index contributed by atoms with van der Waals surface area (Å²) in [4.78, 5) is -0.340. The molecule has 0 aromatic heterocycles. The molecule has 0 spiro atoms. The van der Waals surface area contributed by atoms with E-state index in [-0.39, 0.29) is 9.80 Å². The molecule has 0 N–H and O–H groups in total. The van der Waals surface area contributed by atoms with Crippen LogP contribution in [0.2, 0.25) is 10.0 Å². The minimum atomic E-state index is -3.93. The van der Waals surface area contributed by atoms with Gasteiger partial charge in [-0.1, -0.05) is 47.5 Å². The van der Waals surface area contributed by atoms with Crippen molar-refractivity contribution in [3.8, 4) is 11.8 Å². The van der Waals surface area contributed by atoms with E-state index in [0.717, 1.165) is 5.56 Å². The molecule has 0 aliphatic heterocycles. The fourth-order valence-corrected chi connectivity index (χ4v) is 3.88. The maximum atomic E-state index is 12.7. The average molecular weight is 444 g/mol. The summed E-state index contributed by atoms with van der Waals surface area (Å²) in [5.41, 5.74) is 1.54. The molecule has 29 heavy (non-hydrogen) atoms. The maximum Gasteiger partial charge on any atom is 0.216 e. The van der Waals surface area contributed by atoms with E-state index in [1.807, 2.05) is 12.1 Å². The van der Waals surface area contributed by atoms with Crippen molar-refractivity contribution in [3.05, 3.63) is 98.9 Å². The van der Waals surface area contributed by atoms with E-state index in [1.165, 1.54) is 30.3 Å². The summed E-state index contributed by atoms with van der Waals surface area (Å²) in [6, 6.07) is 21.6. The van der Waals surface area contributed by atoms with E-state index in [2.05, 4.69) is 0 Å². The highest BCUT2D eigenvalue weighted by atomic mass is 35.5. The van der Waals surface area contributed by atoms with Crippen molar-refractivity contribution in [2.24, 2.45) is 0 Å². The van der Waals surface area contributed by atoms with Crippen molar-refractivity contribution in [1.82, 2.24) is 0 Å². The zero-order chi connectivity index (χ0) is 20.9. The smallest absolute Gasteiger partial charge is 0.216 e. The second kappa shape index (κ2) is 9.15. The Bertz CT molecular complexity index is 1160. The van der Waals surface area contributed by atoms with Crippen LogP contribution in [0.25, 0.3) is 6.08 Å². The first kappa shape index (κ1) is 20.9. The summed E-state index contributed by atoms with van der Waals surface area (Å²) in [6.07, 6.45) is 1.33. The van der Waals surface area contributed by atoms with E-state index in [4.69, 9.17) is 27.9 Å². The Hall–Kier alpha value is -2.78. The zero-order valence-corrected chi connectivity index (χ0v) is 17.4. The Morgan fingerprint density at radius 1 is 0.897 bits per heavy atom. The molecule has 3 rings (SSSR count). The van der Waals surface area contributed by atoms with Gasteiger partial charge in [-0.3, -0.25) is 0 Å². The first-order chi connectivity index (χ1) is 13.9. The van der Waals surface area contributed by atoms with Gasteiger partial charge < -0.3 is 4.74 Å². The topological polar surface area (TPSA) is 67.2 Å². The van der Waals surface area contributed by atoms with Gasteiger partial charge in [0.05, 0.1) is 4.90 Å². The Labute approximate surface area is 179 Å². The highest BCUT2D eigenvalue weighted by molar-refractivity contribution is 7.95. The first-order valence-electron chi connectivity index (χ1n) is 8.48. The van der Waals surface area contributed by atoms with Gasteiger partial charge in [0.25, 0.3) is 0 Å². The molecule has 4 nitrogen and oxygen atoms in total. The third-order valence-electron chi connectivity index (χ3n) is 4.02. The molecule has 0 unspecified atom stereocenters. The molecular formula is C22H15Cl2NO3S.